The van der Waals surface area contributed by atoms with E-state index in [1.807, 2.05) is 54.6 Å². The molecule has 0 fully saturated rings. The van der Waals surface area contributed by atoms with Gasteiger partial charge in [-0.15, -0.1) is 36.4 Å². The zero-order chi connectivity index (χ0) is 40.4. The topological polar surface area (TPSA) is 92.1 Å². The van der Waals surface area contributed by atoms with Crippen molar-refractivity contribution in [2.24, 2.45) is 0 Å². The fourth-order valence-corrected chi connectivity index (χ4v) is 6.04. The minimum atomic E-state index is 0. The van der Waals surface area contributed by atoms with E-state index in [1.54, 1.807) is 14.4 Å². The van der Waals surface area contributed by atoms with Crippen LogP contribution in [0.15, 0.2) is 127 Å². The number of hydrogen-bond acceptors (Lipinski definition) is 6. The number of hydrogen-bond donors (Lipinski definition) is 0. The molecule has 0 atom stereocenters. The molecule has 9 nitrogen and oxygen atoms in total. The van der Waals surface area contributed by atoms with Gasteiger partial charge >= 0.3 is 20.1 Å². The van der Waals surface area contributed by atoms with E-state index in [0.717, 1.165) is 50.2 Å². The van der Waals surface area contributed by atoms with Crippen molar-refractivity contribution in [1.82, 2.24) is 45.0 Å². The van der Waals surface area contributed by atoms with E-state index >= 15 is 0 Å². The molecule has 6 aromatic carbocycles. The molecule has 3 aromatic heterocycles. The van der Waals surface area contributed by atoms with Crippen molar-refractivity contribution in [3.05, 3.63) is 162 Å². The molecule has 10 heteroatoms. The molecule has 0 radical (unpaired) electrons. The molecular formula is C48H48IrN9. The Labute approximate surface area is 354 Å². The number of fused-ring (bicyclic) bond motifs is 3. The van der Waals surface area contributed by atoms with Gasteiger partial charge in [0.15, 0.2) is 0 Å². The van der Waals surface area contributed by atoms with E-state index in [2.05, 4.69) is 184 Å². The predicted octanol–water partition coefficient (Wildman–Crippen LogP) is 10.6. The van der Waals surface area contributed by atoms with Gasteiger partial charge in [0, 0.05) is 33.1 Å². The van der Waals surface area contributed by atoms with Crippen LogP contribution in [0.4, 0.5) is 0 Å². The summed E-state index contributed by atoms with van der Waals surface area (Å²) in [5, 5.41) is 26.7. The first-order valence-corrected chi connectivity index (χ1v) is 19.1. The first-order valence-electron chi connectivity index (χ1n) is 19.1. The molecule has 9 rings (SSSR count). The molecule has 9 aromatic rings. The average Bonchev–Trinajstić information content (AvgIpc) is 3.95. The Morgan fingerprint density at radius 1 is 0.328 bits per heavy atom. The van der Waals surface area contributed by atoms with Crippen LogP contribution in [-0.4, -0.2) is 45.0 Å². The van der Waals surface area contributed by atoms with Gasteiger partial charge in [-0.1, -0.05) is 98.7 Å². The van der Waals surface area contributed by atoms with Crippen molar-refractivity contribution in [3.63, 3.8) is 0 Å². The Morgan fingerprint density at radius 3 is 0.759 bits per heavy atom. The molecule has 0 aliphatic rings. The van der Waals surface area contributed by atoms with Gasteiger partial charge in [-0.25, -0.2) is 15.3 Å². The Kier molecular flexibility index (Phi) is 12.2. The summed E-state index contributed by atoms with van der Waals surface area (Å²) >= 11 is 0. The van der Waals surface area contributed by atoms with Crippen LogP contribution in [0.25, 0.3) is 50.2 Å². The first-order chi connectivity index (χ1) is 27.1. The van der Waals surface area contributed by atoms with Crippen LogP contribution in [0.2, 0.25) is 0 Å². The molecule has 0 aliphatic carbocycles. The quantitative estimate of drug-likeness (QED) is 0.164. The fourth-order valence-electron chi connectivity index (χ4n) is 6.04. The maximum atomic E-state index is 4.46. The molecule has 0 spiro atoms. The molecule has 0 unspecified atom stereocenters. The summed E-state index contributed by atoms with van der Waals surface area (Å²) < 4.78 is 0. The van der Waals surface area contributed by atoms with Crippen molar-refractivity contribution in [1.29, 1.82) is 0 Å². The minimum absolute atomic E-state index is 0. The van der Waals surface area contributed by atoms with E-state index in [4.69, 9.17) is 0 Å². The Morgan fingerprint density at radius 2 is 0.552 bits per heavy atom. The first kappa shape index (κ1) is 41.8. The Balaban J connectivity index is 0.000000145. The van der Waals surface area contributed by atoms with Crippen LogP contribution in [0.3, 0.4) is 0 Å². The van der Waals surface area contributed by atoms with Crippen LogP contribution >= 0.6 is 0 Å². The largest absolute Gasteiger partial charge is 3.00 e. The summed E-state index contributed by atoms with van der Waals surface area (Å²) in [6, 6.07) is 51.1. The molecule has 0 amide bonds. The van der Waals surface area contributed by atoms with Crippen molar-refractivity contribution >= 4 is 33.1 Å². The predicted molar refractivity (Wildman–Crippen MR) is 229 cm³/mol. The summed E-state index contributed by atoms with van der Waals surface area (Å²) in [5.74, 6) is 0. The summed E-state index contributed by atoms with van der Waals surface area (Å²) in [5.41, 5.74) is 12.6. The minimum Gasteiger partial charge on any atom is -0.215 e. The van der Waals surface area contributed by atoms with Gasteiger partial charge in [0.25, 0.3) is 0 Å². The van der Waals surface area contributed by atoms with Gasteiger partial charge in [0.05, 0.1) is 17.1 Å². The molecule has 0 aliphatic heterocycles. The van der Waals surface area contributed by atoms with Crippen molar-refractivity contribution in [2.45, 2.75) is 78.6 Å². The zero-order valence-corrected chi connectivity index (χ0v) is 36.9. The van der Waals surface area contributed by atoms with Crippen LogP contribution < -0.4 is 0 Å². The van der Waals surface area contributed by atoms with E-state index in [0.29, 0.717) is 0 Å². The zero-order valence-electron chi connectivity index (χ0n) is 34.5. The average molecular weight is 943 g/mol. The third kappa shape index (κ3) is 9.81. The maximum absolute atomic E-state index is 4.46. The summed E-state index contributed by atoms with van der Waals surface area (Å²) in [7, 11) is 0. The van der Waals surface area contributed by atoms with E-state index < -0.39 is 0 Å². The van der Waals surface area contributed by atoms with Crippen LogP contribution in [-0.2, 0) is 36.4 Å². The van der Waals surface area contributed by atoms with Crippen LogP contribution in [0, 0.1) is 18.2 Å². The van der Waals surface area contributed by atoms with Crippen molar-refractivity contribution < 1.29 is 20.1 Å². The van der Waals surface area contributed by atoms with Gasteiger partial charge in [-0.05, 0) is 69.3 Å². The van der Waals surface area contributed by atoms with E-state index in [1.165, 1.54) is 16.7 Å². The molecule has 3 heterocycles. The number of nitrogens with zero attached hydrogens (tertiary/aromatic N) is 9. The van der Waals surface area contributed by atoms with Gasteiger partial charge in [0.2, 0.25) is 0 Å². The smallest absolute Gasteiger partial charge is 0.215 e. The van der Waals surface area contributed by atoms with Crippen molar-refractivity contribution in [3.8, 4) is 17.1 Å². The third-order valence-corrected chi connectivity index (χ3v) is 9.57. The van der Waals surface area contributed by atoms with E-state index in [9.17, 15) is 0 Å². The summed E-state index contributed by atoms with van der Waals surface area (Å²) in [6.45, 7) is 19.9. The second-order valence-electron chi connectivity index (χ2n) is 17.1. The molecule has 294 valence electrons. The standard InChI is InChI=1S/3C16H16N3.Ir/c3*1-16(2,3)12-8-10-13(11-9-12)19-17-14-6-4-5-7-15(14)18-19;/h3*4,6-11H,1-3H3;/q3*-1;+3. The second kappa shape index (κ2) is 16.9. The maximum Gasteiger partial charge on any atom is 3.00 e. The number of aromatic nitrogens is 9. The molecule has 0 bridgehead atoms. The Bertz CT molecular complexity index is 2320. The molecule has 0 N–H and O–H groups in total. The van der Waals surface area contributed by atoms with Crippen LogP contribution in [0.5, 0.6) is 0 Å². The molecule has 0 saturated carbocycles. The van der Waals surface area contributed by atoms with Gasteiger partial charge in [-0.2, -0.15) is 66.1 Å². The summed E-state index contributed by atoms with van der Waals surface area (Å²) in [6.07, 6.45) is 0. The Hall–Kier alpha value is -5.83. The number of rotatable bonds is 3. The van der Waals surface area contributed by atoms with Crippen molar-refractivity contribution in [2.75, 3.05) is 0 Å². The second-order valence-corrected chi connectivity index (χ2v) is 17.1. The molecule has 58 heavy (non-hydrogen) atoms. The monoisotopic (exact) mass is 943 g/mol. The molecule has 0 saturated heterocycles. The van der Waals surface area contributed by atoms with Crippen LogP contribution in [0.1, 0.15) is 79.0 Å². The van der Waals surface area contributed by atoms with Gasteiger partial charge < -0.3 is 0 Å². The third-order valence-electron chi connectivity index (χ3n) is 9.57. The summed E-state index contributed by atoms with van der Waals surface area (Å²) in [4.78, 5) is 5.01. The van der Waals surface area contributed by atoms with Gasteiger partial charge in [0.1, 0.15) is 0 Å². The fraction of sp³-hybridized carbons (Fsp3) is 0.250. The normalized spacial score (nSPS) is 11.7. The van der Waals surface area contributed by atoms with Gasteiger partial charge in [-0.3, -0.25) is 0 Å². The SMILES string of the molecule is CC(C)(C)c1ccc(-n2nc3c[c-]ccc3n2)cc1.CC(C)(C)c1ccc(-n2nc3c[c-]ccc3n2)cc1.CC(C)(C)c1ccc(-n2nc3c[c-]ccc3n2)cc1.[Ir+3]. The number of benzene rings is 6. The molecular weight excluding hydrogens is 895 g/mol. The van der Waals surface area contributed by atoms with E-state index in [-0.39, 0.29) is 36.4 Å².